The van der Waals surface area contributed by atoms with Crippen molar-refractivity contribution in [1.82, 2.24) is 10.2 Å². The maximum atomic E-state index is 12.2. The summed E-state index contributed by atoms with van der Waals surface area (Å²) in [6.45, 7) is 3.71. The van der Waals surface area contributed by atoms with Gasteiger partial charge in [0.15, 0.2) is 0 Å². The summed E-state index contributed by atoms with van der Waals surface area (Å²) >= 11 is 1.68. The summed E-state index contributed by atoms with van der Waals surface area (Å²) in [5.74, 6) is 0.845. The van der Waals surface area contributed by atoms with Gasteiger partial charge in [-0.1, -0.05) is 6.07 Å². The standard InChI is InChI=1S/C16H22N2OS/c19-16(18-9-2-7-17-8-10-18)12-20-15-6-5-13-3-1-4-14(13)11-15/h5-6,11,17H,1-4,7-10,12H2. The van der Waals surface area contributed by atoms with Crippen LogP contribution in [0.25, 0.3) is 0 Å². The summed E-state index contributed by atoms with van der Waals surface area (Å²) in [4.78, 5) is 15.5. The van der Waals surface area contributed by atoms with Crippen molar-refractivity contribution in [2.75, 3.05) is 31.9 Å². The molecule has 0 bridgehead atoms. The SMILES string of the molecule is O=C(CSc1ccc2c(c1)CCC2)N1CCCNCC1. The molecule has 1 aliphatic carbocycles. The van der Waals surface area contributed by atoms with Crippen LogP contribution in [0.4, 0.5) is 0 Å². The molecule has 3 rings (SSSR count). The number of hydrogen-bond acceptors (Lipinski definition) is 3. The number of benzene rings is 1. The van der Waals surface area contributed by atoms with Crippen LogP contribution in [0, 0.1) is 0 Å². The topological polar surface area (TPSA) is 32.3 Å². The highest BCUT2D eigenvalue weighted by Crippen LogP contribution is 2.27. The Bertz CT molecular complexity index is 481. The quantitative estimate of drug-likeness (QED) is 0.865. The number of hydrogen-bond donors (Lipinski definition) is 1. The van der Waals surface area contributed by atoms with E-state index in [1.807, 2.05) is 4.90 Å². The van der Waals surface area contributed by atoms with Gasteiger partial charge in [-0.3, -0.25) is 4.79 Å². The third-order valence-corrected chi connectivity index (χ3v) is 5.10. The average Bonchev–Trinajstić information content (AvgIpc) is 2.76. The Morgan fingerprint density at radius 1 is 1.15 bits per heavy atom. The second-order valence-electron chi connectivity index (χ2n) is 5.56. The molecule has 1 fully saturated rings. The molecule has 0 atom stereocenters. The highest BCUT2D eigenvalue weighted by atomic mass is 32.2. The summed E-state index contributed by atoms with van der Waals surface area (Å²) < 4.78 is 0. The first-order valence-electron chi connectivity index (χ1n) is 7.56. The van der Waals surface area contributed by atoms with Crippen LogP contribution < -0.4 is 5.32 Å². The van der Waals surface area contributed by atoms with Gasteiger partial charge in [0, 0.05) is 24.5 Å². The largest absolute Gasteiger partial charge is 0.341 e. The summed E-state index contributed by atoms with van der Waals surface area (Å²) in [7, 11) is 0. The minimum Gasteiger partial charge on any atom is -0.341 e. The van der Waals surface area contributed by atoms with E-state index in [1.54, 1.807) is 11.8 Å². The maximum absolute atomic E-state index is 12.2. The Hall–Kier alpha value is -1.00. The van der Waals surface area contributed by atoms with Crippen LogP contribution in [0.2, 0.25) is 0 Å². The molecule has 1 N–H and O–H groups in total. The van der Waals surface area contributed by atoms with Gasteiger partial charge in [0.05, 0.1) is 5.75 Å². The highest BCUT2D eigenvalue weighted by molar-refractivity contribution is 8.00. The van der Waals surface area contributed by atoms with Crippen molar-refractivity contribution < 1.29 is 4.79 Å². The van der Waals surface area contributed by atoms with Gasteiger partial charge in [0.1, 0.15) is 0 Å². The van der Waals surface area contributed by atoms with Crippen LogP contribution in [0.5, 0.6) is 0 Å². The molecular formula is C16H22N2OS. The van der Waals surface area contributed by atoms with Crippen LogP contribution in [0.15, 0.2) is 23.1 Å². The minimum atomic E-state index is 0.277. The first-order valence-corrected chi connectivity index (χ1v) is 8.54. The van der Waals surface area contributed by atoms with Crippen LogP contribution in [0.1, 0.15) is 24.0 Å². The van der Waals surface area contributed by atoms with Crippen molar-refractivity contribution in [2.24, 2.45) is 0 Å². The Morgan fingerprint density at radius 3 is 3.00 bits per heavy atom. The third-order valence-electron chi connectivity index (χ3n) is 4.13. The first kappa shape index (κ1) is 14.0. The zero-order chi connectivity index (χ0) is 13.8. The molecule has 1 aromatic rings. The van der Waals surface area contributed by atoms with E-state index < -0.39 is 0 Å². The fourth-order valence-corrected chi connectivity index (χ4v) is 3.83. The molecule has 0 spiro atoms. The van der Waals surface area contributed by atoms with Gasteiger partial charge in [0.25, 0.3) is 0 Å². The summed E-state index contributed by atoms with van der Waals surface area (Å²) in [6.07, 6.45) is 4.77. The zero-order valence-electron chi connectivity index (χ0n) is 11.9. The number of thioether (sulfide) groups is 1. The van der Waals surface area contributed by atoms with E-state index in [4.69, 9.17) is 0 Å². The molecule has 1 saturated heterocycles. The molecule has 0 saturated carbocycles. The van der Waals surface area contributed by atoms with E-state index in [9.17, 15) is 4.79 Å². The van der Waals surface area contributed by atoms with E-state index in [-0.39, 0.29) is 5.91 Å². The molecule has 108 valence electrons. The molecular weight excluding hydrogens is 268 g/mol. The molecule has 0 radical (unpaired) electrons. The molecule has 2 aliphatic rings. The van der Waals surface area contributed by atoms with E-state index in [0.29, 0.717) is 5.75 Å². The lowest BCUT2D eigenvalue weighted by Gasteiger charge is -2.19. The predicted octanol–water partition coefficient (Wildman–Crippen LogP) is 2.09. The van der Waals surface area contributed by atoms with Crippen molar-refractivity contribution in [1.29, 1.82) is 0 Å². The Morgan fingerprint density at radius 2 is 2.05 bits per heavy atom. The van der Waals surface area contributed by atoms with Gasteiger partial charge in [-0.2, -0.15) is 0 Å². The average molecular weight is 290 g/mol. The smallest absolute Gasteiger partial charge is 0.232 e. The Kier molecular flexibility index (Phi) is 4.63. The van der Waals surface area contributed by atoms with Gasteiger partial charge < -0.3 is 10.2 Å². The Balaban J connectivity index is 1.54. The highest BCUT2D eigenvalue weighted by Gasteiger charge is 2.16. The van der Waals surface area contributed by atoms with Gasteiger partial charge in [0.2, 0.25) is 5.91 Å². The van der Waals surface area contributed by atoms with Gasteiger partial charge in [-0.05, 0) is 55.5 Å². The second-order valence-corrected chi connectivity index (χ2v) is 6.61. The van der Waals surface area contributed by atoms with Crippen LogP contribution in [0.3, 0.4) is 0 Å². The molecule has 1 aliphatic heterocycles. The van der Waals surface area contributed by atoms with E-state index in [2.05, 4.69) is 23.5 Å². The fraction of sp³-hybridized carbons (Fsp3) is 0.562. The zero-order valence-corrected chi connectivity index (χ0v) is 12.7. The van der Waals surface area contributed by atoms with Crippen molar-refractivity contribution in [3.05, 3.63) is 29.3 Å². The van der Waals surface area contributed by atoms with Gasteiger partial charge in [-0.15, -0.1) is 11.8 Å². The molecule has 0 unspecified atom stereocenters. The Labute approximate surface area is 125 Å². The van der Waals surface area contributed by atoms with E-state index >= 15 is 0 Å². The molecule has 0 aromatic heterocycles. The van der Waals surface area contributed by atoms with Crippen molar-refractivity contribution in [2.45, 2.75) is 30.6 Å². The fourth-order valence-electron chi connectivity index (χ4n) is 2.97. The molecule has 1 aromatic carbocycles. The normalized spacial score (nSPS) is 18.7. The molecule has 1 amide bonds. The molecule has 3 nitrogen and oxygen atoms in total. The molecule has 1 heterocycles. The number of amides is 1. The summed E-state index contributed by atoms with van der Waals surface area (Å²) in [5.41, 5.74) is 2.99. The lowest BCUT2D eigenvalue weighted by atomic mass is 10.1. The summed E-state index contributed by atoms with van der Waals surface area (Å²) in [5, 5.41) is 3.33. The third kappa shape index (κ3) is 3.36. The van der Waals surface area contributed by atoms with Gasteiger partial charge in [-0.25, -0.2) is 0 Å². The lowest BCUT2D eigenvalue weighted by Crippen LogP contribution is -2.35. The summed E-state index contributed by atoms with van der Waals surface area (Å²) in [6, 6.07) is 6.70. The van der Waals surface area contributed by atoms with Crippen LogP contribution in [-0.2, 0) is 17.6 Å². The molecule has 4 heteroatoms. The lowest BCUT2D eigenvalue weighted by molar-refractivity contribution is -0.128. The van der Waals surface area contributed by atoms with Crippen molar-refractivity contribution >= 4 is 17.7 Å². The number of carbonyl (C=O) groups is 1. The monoisotopic (exact) mass is 290 g/mol. The van der Waals surface area contributed by atoms with Crippen molar-refractivity contribution in [3.63, 3.8) is 0 Å². The van der Waals surface area contributed by atoms with Crippen molar-refractivity contribution in [3.8, 4) is 0 Å². The first-order chi connectivity index (χ1) is 9.83. The maximum Gasteiger partial charge on any atom is 0.232 e. The van der Waals surface area contributed by atoms with Crippen LogP contribution in [-0.4, -0.2) is 42.7 Å². The number of nitrogens with zero attached hydrogens (tertiary/aromatic N) is 1. The number of rotatable bonds is 3. The number of carbonyl (C=O) groups excluding carboxylic acids is 1. The number of fused-ring (bicyclic) bond motifs is 1. The molecule has 20 heavy (non-hydrogen) atoms. The van der Waals surface area contributed by atoms with Crippen LogP contribution >= 0.6 is 11.8 Å². The van der Waals surface area contributed by atoms with E-state index in [1.165, 1.54) is 35.3 Å². The van der Waals surface area contributed by atoms with E-state index in [0.717, 1.165) is 32.6 Å². The second kappa shape index (κ2) is 6.64. The van der Waals surface area contributed by atoms with Gasteiger partial charge >= 0.3 is 0 Å². The number of nitrogens with one attached hydrogen (secondary N) is 1. The minimum absolute atomic E-state index is 0.277. The predicted molar refractivity (Wildman–Crippen MR) is 83.3 cm³/mol. The number of aryl methyl sites for hydroxylation is 2.